The van der Waals surface area contributed by atoms with Gasteiger partial charge >= 0.3 is 0 Å². The smallest absolute Gasteiger partial charge is 0.00998 e. The Hall–Kier alpha value is -1.82. The second-order valence-corrected chi connectivity index (χ2v) is 5.91. The molecule has 0 amide bonds. The summed E-state index contributed by atoms with van der Waals surface area (Å²) in [5, 5.41) is 2.78. The molecule has 0 radical (unpaired) electrons. The highest BCUT2D eigenvalue weighted by Gasteiger charge is 2.17. The van der Waals surface area contributed by atoms with Gasteiger partial charge in [0, 0.05) is 0 Å². The fourth-order valence-corrected chi connectivity index (χ4v) is 3.59. The summed E-state index contributed by atoms with van der Waals surface area (Å²) in [6, 6.07) is 6.95. The Labute approximate surface area is 128 Å². The van der Waals surface area contributed by atoms with Crippen molar-refractivity contribution in [1.29, 1.82) is 0 Å². The summed E-state index contributed by atoms with van der Waals surface area (Å²) in [6.07, 6.45) is 12.5. The van der Waals surface area contributed by atoms with Crippen LogP contribution in [0.5, 0.6) is 0 Å². The summed E-state index contributed by atoms with van der Waals surface area (Å²) in [6.45, 7) is 8.59. The van der Waals surface area contributed by atoms with Crippen LogP contribution in [0.4, 0.5) is 0 Å². The van der Waals surface area contributed by atoms with Crippen LogP contribution in [0.15, 0.2) is 30.9 Å². The van der Waals surface area contributed by atoms with E-state index in [0.29, 0.717) is 0 Å². The van der Waals surface area contributed by atoms with E-state index in [1.807, 2.05) is 0 Å². The van der Waals surface area contributed by atoms with Crippen LogP contribution in [-0.2, 0) is 19.3 Å². The van der Waals surface area contributed by atoms with Crippen molar-refractivity contribution >= 4 is 22.9 Å². The van der Waals surface area contributed by atoms with Gasteiger partial charge in [-0.1, -0.05) is 63.3 Å². The van der Waals surface area contributed by atoms with Crippen LogP contribution in [0.25, 0.3) is 22.9 Å². The van der Waals surface area contributed by atoms with Gasteiger partial charge in [-0.15, -0.1) is 0 Å². The maximum atomic E-state index is 4.10. The molecule has 0 nitrogen and oxygen atoms in total. The van der Waals surface area contributed by atoms with E-state index in [1.54, 1.807) is 5.56 Å². The van der Waals surface area contributed by atoms with Crippen LogP contribution in [0.1, 0.15) is 54.5 Å². The maximum Gasteiger partial charge on any atom is -0.00998 e. The van der Waals surface area contributed by atoms with Gasteiger partial charge in [0.05, 0.1) is 0 Å². The lowest BCUT2D eigenvalue weighted by Crippen LogP contribution is -2.05. The quantitative estimate of drug-likeness (QED) is 0.646. The molecule has 0 aliphatic heterocycles. The molecule has 2 aromatic carbocycles. The highest BCUT2D eigenvalue weighted by atomic mass is 14.2. The van der Waals surface area contributed by atoms with E-state index in [1.165, 1.54) is 52.3 Å². The predicted molar refractivity (Wildman–Crippen MR) is 94.8 cm³/mol. The molecule has 108 valence electrons. The normalized spacial score (nSPS) is 13.4. The molecule has 3 rings (SSSR count). The van der Waals surface area contributed by atoms with Crippen molar-refractivity contribution in [3.63, 3.8) is 0 Å². The molecule has 0 fully saturated rings. The van der Waals surface area contributed by atoms with Crippen LogP contribution >= 0.6 is 0 Å². The van der Waals surface area contributed by atoms with E-state index in [0.717, 1.165) is 12.8 Å². The van der Waals surface area contributed by atoms with E-state index >= 15 is 0 Å². The molecule has 0 unspecified atom stereocenters. The minimum absolute atomic E-state index is 1.09. The summed E-state index contributed by atoms with van der Waals surface area (Å²) in [5.41, 5.74) is 7.34. The molecule has 1 aliphatic carbocycles. The highest BCUT2D eigenvalue weighted by molar-refractivity contribution is 5.99. The van der Waals surface area contributed by atoms with Crippen LogP contribution in [-0.4, -0.2) is 0 Å². The van der Waals surface area contributed by atoms with Crippen molar-refractivity contribution in [2.45, 2.75) is 46.0 Å². The number of fused-ring (bicyclic) bond motifs is 3. The van der Waals surface area contributed by atoms with Crippen LogP contribution in [0.2, 0.25) is 0 Å². The lowest BCUT2D eigenvalue weighted by molar-refractivity contribution is 0.879. The van der Waals surface area contributed by atoms with E-state index < -0.39 is 0 Å². The number of rotatable bonds is 4. The first-order chi connectivity index (χ1) is 10.3. The first kappa shape index (κ1) is 14.1. The summed E-state index contributed by atoms with van der Waals surface area (Å²) in [5.74, 6) is 0. The van der Waals surface area contributed by atoms with Gasteiger partial charge < -0.3 is 0 Å². The van der Waals surface area contributed by atoms with Crippen molar-refractivity contribution < 1.29 is 0 Å². The monoisotopic (exact) mass is 276 g/mol. The number of hydrogen-bond donors (Lipinski definition) is 0. The van der Waals surface area contributed by atoms with Crippen LogP contribution < -0.4 is 0 Å². The van der Waals surface area contributed by atoms with Gasteiger partial charge in [-0.2, -0.15) is 0 Å². The van der Waals surface area contributed by atoms with Crippen molar-refractivity contribution in [3.05, 3.63) is 58.7 Å². The maximum absolute atomic E-state index is 4.10. The Morgan fingerprint density at radius 2 is 2.05 bits per heavy atom. The molecule has 0 bridgehead atoms. The molecule has 0 heteroatoms. The van der Waals surface area contributed by atoms with Gasteiger partial charge in [0.2, 0.25) is 0 Å². The summed E-state index contributed by atoms with van der Waals surface area (Å²) in [7, 11) is 0. The zero-order chi connectivity index (χ0) is 14.8. The molecule has 2 aromatic rings. The summed E-state index contributed by atoms with van der Waals surface area (Å²) in [4.78, 5) is 0. The standard InChI is InChI=1S/C21H24/c1-4-9-17-16(6-3)20-13-12-15(5-2)14-21(20)19-11-8-7-10-18(17)19/h6,8,11-14H,3-5,7,9-10H2,1-2H3. The zero-order valence-electron chi connectivity index (χ0n) is 13.2. The van der Waals surface area contributed by atoms with Gasteiger partial charge in [0.25, 0.3) is 0 Å². The average Bonchev–Trinajstić information content (AvgIpc) is 2.55. The molecule has 0 aromatic heterocycles. The lowest BCUT2D eigenvalue weighted by atomic mass is 9.82. The van der Waals surface area contributed by atoms with Crippen molar-refractivity contribution in [1.82, 2.24) is 0 Å². The number of benzene rings is 2. The van der Waals surface area contributed by atoms with Crippen molar-refractivity contribution in [3.8, 4) is 0 Å². The molecule has 0 saturated heterocycles. The average molecular weight is 276 g/mol. The van der Waals surface area contributed by atoms with Crippen molar-refractivity contribution in [2.75, 3.05) is 0 Å². The molecule has 0 saturated carbocycles. The SMILES string of the molecule is C=Cc1c(CCC)c2c(c3cc(CC)ccc13)C=CCC2. The number of aryl methyl sites for hydroxylation is 1. The second-order valence-electron chi connectivity index (χ2n) is 5.91. The Bertz CT molecular complexity index is 717. The first-order valence-corrected chi connectivity index (χ1v) is 8.19. The number of hydrogen-bond acceptors (Lipinski definition) is 0. The highest BCUT2D eigenvalue weighted by Crippen LogP contribution is 2.36. The molecular formula is C21H24. The molecule has 21 heavy (non-hydrogen) atoms. The van der Waals surface area contributed by atoms with Crippen LogP contribution in [0, 0.1) is 0 Å². The molecule has 1 aliphatic rings. The Kier molecular flexibility index (Phi) is 3.96. The van der Waals surface area contributed by atoms with E-state index in [4.69, 9.17) is 0 Å². The van der Waals surface area contributed by atoms with Crippen LogP contribution in [0.3, 0.4) is 0 Å². The minimum atomic E-state index is 1.09. The summed E-state index contributed by atoms with van der Waals surface area (Å²) >= 11 is 0. The predicted octanol–water partition coefficient (Wildman–Crippen LogP) is 5.96. The molecule has 0 heterocycles. The van der Waals surface area contributed by atoms with E-state index in [9.17, 15) is 0 Å². The molecule has 0 spiro atoms. The third kappa shape index (κ3) is 2.33. The van der Waals surface area contributed by atoms with Gasteiger partial charge in [-0.25, -0.2) is 0 Å². The molecule has 0 N–H and O–H groups in total. The topological polar surface area (TPSA) is 0 Å². The fraction of sp³-hybridized carbons (Fsp3) is 0.333. The van der Waals surface area contributed by atoms with Gasteiger partial charge in [0.1, 0.15) is 0 Å². The van der Waals surface area contributed by atoms with Gasteiger partial charge in [0.15, 0.2) is 0 Å². The largest absolute Gasteiger partial charge is 0.0984 e. The third-order valence-electron chi connectivity index (χ3n) is 4.64. The zero-order valence-corrected chi connectivity index (χ0v) is 13.2. The van der Waals surface area contributed by atoms with Crippen molar-refractivity contribution in [2.24, 2.45) is 0 Å². The fourth-order valence-electron chi connectivity index (χ4n) is 3.59. The Balaban J connectivity index is 2.42. The second kappa shape index (κ2) is 5.89. The molecule has 0 atom stereocenters. The third-order valence-corrected chi connectivity index (χ3v) is 4.64. The first-order valence-electron chi connectivity index (χ1n) is 8.19. The Morgan fingerprint density at radius 1 is 1.19 bits per heavy atom. The van der Waals surface area contributed by atoms with Gasteiger partial charge in [-0.05, 0) is 64.3 Å². The Morgan fingerprint density at radius 3 is 2.76 bits per heavy atom. The minimum Gasteiger partial charge on any atom is -0.0984 e. The van der Waals surface area contributed by atoms with Gasteiger partial charge in [-0.3, -0.25) is 0 Å². The van der Waals surface area contributed by atoms with E-state index in [-0.39, 0.29) is 0 Å². The lowest BCUT2D eigenvalue weighted by Gasteiger charge is -2.22. The number of allylic oxidation sites excluding steroid dienone is 1. The molecular weight excluding hydrogens is 252 g/mol. The summed E-state index contributed by atoms with van der Waals surface area (Å²) < 4.78 is 0. The van der Waals surface area contributed by atoms with E-state index in [2.05, 4.69) is 56.9 Å².